The van der Waals surface area contributed by atoms with Crippen LogP contribution in [0.25, 0.3) is 0 Å². The summed E-state index contributed by atoms with van der Waals surface area (Å²) in [7, 11) is 0. The molecular formula is C4H8N2O2. The van der Waals surface area contributed by atoms with E-state index in [9.17, 15) is 4.79 Å². The molecule has 1 unspecified atom stereocenters. The van der Waals surface area contributed by atoms with E-state index in [-0.39, 0.29) is 5.91 Å². The summed E-state index contributed by atoms with van der Waals surface area (Å²) in [5, 5.41) is 11.2. The van der Waals surface area contributed by atoms with E-state index >= 15 is 0 Å². The van der Waals surface area contributed by atoms with Crippen LogP contribution in [-0.4, -0.2) is 29.7 Å². The summed E-state index contributed by atoms with van der Waals surface area (Å²) in [6, 6.07) is -0.713. The number of hydrogen-bond donors (Lipinski definition) is 3. The smallest absolute Gasteiger partial charge is 0.239 e. The van der Waals surface area contributed by atoms with Gasteiger partial charge in [0.15, 0.2) is 0 Å². The summed E-state index contributed by atoms with van der Waals surface area (Å²) >= 11 is 0. The van der Waals surface area contributed by atoms with E-state index in [1.165, 1.54) is 0 Å². The number of aliphatic hydroxyl groups is 1. The molecule has 1 saturated heterocycles. The molecule has 4 nitrogen and oxygen atoms in total. The Morgan fingerprint density at radius 1 is 1.88 bits per heavy atom. The third kappa shape index (κ3) is 0.677. The zero-order valence-corrected chi connectivity index (χ0v) is 4.29. The summed E-state index contributed by atoms with van der Waals surface area (Å²) < 4.78 is 0. The Morgan fingerprint density at radius 3 is 2.62 bits per heavy atom. The molecule has 1 aliphatic heterocycles. The zero-order valence-electron chi connectivity index (χ0n) is 4.29. The molecular weight excluding hydrogens is 108 g/mol. The minimum absolute atomic E-state index is 0.266. The van der Waals surface area contributed by atoms with Gasteiger partial charge in [0.05, 0.1) is 6.10 Å². The van der Waals surface area contributed by atoms with E-state index in [0.717, 1.165) is 0 Å². The summed E-state index contributed by atoms with van der Waals surface area (Å²) in [6.45, 7) is 0.292. The number of rotatable bonds is 0. The van der Waals surface area contributed by atoms with E-state index in [4.69, 9.17) is 10.8 Å². The second-order valence-electron chi connectivity index (χ2n) is 1.84. The fraction of sp³-hybridized carbons (Fsp3) is 0.750. The molecule has 8 heavy (non-hydrogen) atoms. The van der Waals surface area contributed by atoms with Gasteiger partial charge in [-0.1, -0.05) is 0 Å². The highest BCUT2D eigenvalue weighted by Gasteiger charge is 2.28. The molecule has 1 aliphatic rings. The van der Waals surface area contributed by atoms with Gasteiger partial charge in [-0.05, 0) is 0 Å². The Balaban J connectivity index is 2.56. The van der Waals surface area contributed by atoms with Crippen molar-refractivity contribution in [2.24, 2.45) is 5.73 Å². The van der Waals surface area contributed by atoms with Crippen LogP contribution in [0.2, 0.25) is 0 Å². The van der Waals surface area contributed by atoms with Crippen molar-refractivity contribution in [2.45, 2.75) is 12.1 Å². The molecule has 4 heteroatoms. The van der Waals surface area contributed by atoms with Gasteiger partial charge < -0.3 is 16.2 Å². The van der Waals surface area contributed by atoms with Crippen LogP contribution in [0.15, 0.2) is 0 Å². The van der Waals surface area contributed by atoms with Crippen LogP contribution in [0.1, 0.15) is 0 Å². The van der Waals surface area contributed by atoms with Crippen LogP contribution < -0.4 is 11.1 Å². The maximum absolute atomic E-state index is 10.4. The van der Waals surface area contributed by atoms with Crippen molar-refractivity contribution in [3.05, 3.63) is 0 Å². The van der Waals surface area contributed by atoms with Crippen molar-refractivity contribution in [1.82, 2.24) is 5.32 Å². The number of nitrogens with one attached hydrogen (secondary N) is 1. The molecule has 0 aromatic rings. The molecule has 1 amide bonds. The number of carbonyl (C=O) groups is 1. The van der Waals surface area contributed by atoms with Gasteiger partial charge in [0.1, 0.15) is 6.04 Å². The Labute approximate surface area is 46.7 Å². The second-order valence-corrected chi connectivity index (χ2v) is 1.84. The number of nitrogens with two attached hydrogens (primary N) is 1. The lowest BCUT2D eigenvalue weighted by atomic mass is 10.2. The van der Waals surface area contributed by atoms with Crippen molar-refractivity contribution in [2.75, 3.05) is 6.54 Å². The lowest BCUT2D eigenvalue weighted by Gasteiger charge is -2.00. The van der Waals surface area contributed by atoms with Crippen molar-refractivity contribution in [1.29, 1.82) is 0 Å². The zero-order chi connectivity index (χ0) is 6.15. The number of hydrogen-bond acceptors (Lipinski definition) is 3. The van der Waals surface area contributed by atoms with Crippen LogP contribution >= 0.6 is 0 Å². The largest absolute Gasteiger partial charge is 0.389 e. The molecule has 1 rings (SSSR count). The van der Waals surface area contributed by atoms with Gasteiger partial charge in [-0.3, -0.25) is 4.79 Å². The van der Waals surface area contributed by atoms with Crippen LogP contribution in [0.3, 0.4) is 0 Å². The molecule has 0 aromatic carbocycles. The Bertz CT molecular complexity index is 115. The maximum Gasteiger partial charge on any atom is 0.239 e. The predicted molar refractivity (Wildman–Crippen MR) is 27.0 cm³/mol. The molecule has 4 N–H and O–H groups in total. The second kappa shape index (κ2) is 1.72. The highest BCUT2D eigenvalue weighted by atomic mass is 16.3. The summed E-state index contributed by atoms with van der Waals surface area (Å²) in [5.41, 5.74) is 5.16. The van der Waals surface area contributed by atoms with E-state index in [1.807, 2.05) is 0 Å². The fourth-order valence-electron chi connectivity index (χ4n) is 0.625. The van der Waals surface area contributed by atoms with Gasteiger partial charge >= 0.3 is 0 Å². The van der Waals surface area contributed by atoms with E-state index in [0.29, 0.717) is 6.54 Å². The first-order valence-electron chi connectivity index (χ1n) is 2.43. The molecule has 0 radical (unpaired) electrons. The standard InChI is InChI=1S/C4H8N2O2/c5-3-2(7)1-6-4(3)8/h2-3,7H,1,5H2,(H,6,8)/t2-,3?/m1/s1. The van der Waals surface area contributed by atoms with E-state index in [1.54, 1.807) is 0 Å². The summed E-state index contributed by atoms with van der Waals surface area (Å²) in [4.78, 5) is 10.4. The monoisotopic (exact) mass is 116 g/mol. The Kier molecular flexibility index (Phi) is 1.19. The van der Waals surface area contributed by atoms with Gasteiger partial charge in [0.2, 0.25) is 5.91 Å². The normalized spacial score (nSPS) is 37.5. The van der Waals surface area contributed by atoms with Crippen LogP contribution in [0.4, 0.5) is 0 Å². The molecule has 0 aromatic heterocycles. The van der Waals surface area contributed by atoms with E-state index < -0.39 is 12.1 Å². The van der Waals surface area contributed by atoms with Crippen LogP contribution in [-0.2, 0) is 4.79 Å². The van der Waals surface area contributed by atoms with Gasteiger partial charge in [-0.2, -0.15) is 0 Å². The highest BCUT2D eigenvalue weighted by Crippen LogP contribution is 1.95. The number of amides is 1. The summed E-state index contributed by atoms with van der Waals surface area (Å²) in [5.74, 6) is -0.266. The molecule has 2 atom stereocenters. The molecule has 46 valence electrons. The molecule has 0 bridgehead atoms. The number of carbonyl (C=O) groups excluding carboxylic acids is 1. The third-order valence-corrected chi connectivity index (χ3v) is 1.20. The molecule has 0 aliphatic carbocycles. The maximum atomic E-state index is 10.4. The average Bonchev–Trinajstić information content (AvgIpc) is 1.98. The van der Waals surface area contributed by atoms with Crippen LogP contribution in [0.5, 0.6) is 0 Å². The third-order valence-electron chi connectivity index (χ3n) is 1.20. The first kappa shape index (κ1) is 5.53. The van der Waals surface area contributed by atoms with Gasteiger partial charge in [0, 0.05) is 6.54 Å². The Hall–Kier alpha value is -0.610. The lowest BCUT2D eigenvalue weighted by Crippen LogP contribution is -2.36. The van der Waals surface area contributed by atoms with Gasteiger partial charge in [-0.25, -0.2) is 0 Å². The Morgan fingerprint density at radius 2 is 2.50 bits per heavy atom. The van der Waals surface area contributed by atoms with Crippen molar-refractivity contribution >= 4 is 5.91 Å². The van der Waals surface area contributed by atoms with Crippen LogP contribution in [0, 0.1) is 0 Å². The minimum Gasteiger partial charge on any atom is -0.389 e. The molecule has 1 heterocycles. The average molecular weight is 116 g/mol. The van der Waals surface area contributed by atoms with Crippen molar-refractivity contribution in [3.8, 4) is 0 Å². The topological polar surface area (TPSA) is 75.4 Å². The first-order valence-corrected chi connectivity index (χ1v) is 2.43. The van der Waals surface area contributed by atoms with Crippen molar-refractivity contribution in [3.63, 3.8) is 0 Å². The molecule has 0 spiro atoms. The SMILES string of the molecule is NC1C(=O)NC[C@H]1O. The van der Waals surface area contributed by atoms with Gasteiger partial charge in [-0.15, -0.1) is 0 Å². The number of aliphatic hydroxyl groups excluding tert-OH is 1. The highest BCUT2D eigenvalue weighted by molar-refractivity contribution is 5.84. The fourth-order valence-corrected chi connectivity index (χ4v) is 0.625. The first-order chi connectivity index (χ1) is 3.72. The molecule has 0 saturated carbocycles. The minimum atomic E-state index is -0.713. The predicted octanol–water partition coefficient (Wildman–Crippen LogP) is -2.20. The van der Waals surface area contributed by atoms with Gasteiger partial charge in [0.25, 0.3) is 0 Å². The lowest BCUT2D eigenvalue weighted by molar-refractivity contribution is -0.120. The van der Waals surface area contributed by atoms with E-state index in [2.05, 4.69) is 5.32 Å². The summed E-state index contributed by atoms with van der Waals surface area (Å²) in [6.07, 6.45) is -0.692. The van der Waals surface area contributed by atoms with Crippen molar-refractivity contribution < 1.29 is 9.90 Å². The molecule has 1 fully saturated rings. The quantitative estimate of drug-likeness (QED) is 0.336. The number of β-amino-alcohol motifs (C(OH)–C–C–N with tert-alkyl or cyclic N) is 1.